The first kappa shape index (κ1) is 16.5. The molecule has 6 nitrogen and oxygen atoms in total. The molecule has 0 aromatic heterocycles. The molecule has 0 fully saturated rings. The van der Waals surface area contributed by atoms with Crippen molar-refractivity contribution in [3.8, 4) is 0 Å². The van der Waals surface area contributed by atoms with Gasteiger partial charge in [-0.1, -0.05) is 19.9 Å². The topological polar surface area (TPSA) is 89.7 Å². The van der Waals surface area contributed by atoms with Crippen LogP contribution in [0.3, 0.4) is 0 Å². The maximum Gasteiger partial charge on any atom is 0.321 e. The van der Waals surface area contributed by atoms with Gasteiger partial charge in [-0.2, -0.15) is 4.31 Å². The van der Waals surface area contributed by atoms with Gasteiger partial charge in [0.05, 0.1) is 12.0 Å². The van der Waals surface area contributed by atoms with E-state index in [9.17, 15) is 13.2 Å². The minimum absolute atomic E-state index is 0.144. The predicted octanol–water partition coefficient (Wildman–Crippen LogP) is 1.01. The zero-order valence-electron chi connectivity index (χ0n) is 11.9. The van der Waals surface area contributed by atoms with Crippen LogP contribution < -0.4 is 5.73 Å². The minimum atomic E-state index is -3.77. The molecule has 0 atom stereocenters. The highest BCUT2D eigenvalue weighted by atomic mass is 32.2. The van der Waals surface area contributed by atoms with Crippen LogP contribution in [0.1, 0.15) is 19.4 Å². The Morgan fingerprint density at radius 1 is 1.35 bits per heavy atom. The van der Waals surface area contributed by atoms with Crippen LogP contribution in [0.25, 0.3) is 0 Å². The van der Waals surface area contributed by atoms with Gasteiger partial charge in [-0.15, -0.1) is 0 Å². The summed E-state index contributed by atoms with van der Waals surface area (Å²) in [5.74, 6) is -0.600. The second-order valence-corrected chi connectivity index (χ2v) is 6.13. The molecule has 2 N–H and O–H groups in total. The fourth-order valence-corrected chi connectivity index (χ4v) is 3.54. The second kappa shape index (κ2) is 6.71. The van der Waals surface area contributed by atoms with E-state index < -0.39 is 16.0 Å². The Balaban J connectivity index is 3.26. The van der Waals surface area contributed by atoms with Crippen LogP contribution in [-0.2, 0) is 26.0 Å². The number of nitrogens with two attached hydrogens (primary N) is 1. The third kappa shape index (κ3) is 3.49. The van der Waals surface area contributed by atoms with E-state index in [0.29, 0.717) is 17.7 Å². The summed E-state index contributed by atoms with van der Waals surface area (Å²) >= 11 is 0. The molecule has 0 spiro atoms. The lowest BCUT2D eigenvalue weighted by Gasteiger charge is -2.21. The molecule has 1 aromatic rings. The Labute approximate surface area is 119 Å². The van der Waals surface area contributed by atoms with E-state index in [0.717, 1.165) is 4.31 Å². The second-order valence-electron chi connectivity index (χ2n) is 4.23. The molecule has 0 aliphatic carbocycles. The number of carbonyl (C=O) groups excluding carboxylic acids is 1. The van der Waals surface area contributed by atoms with E-state index >= 15 is 0 Å². The molecule has 0 heterocycles. The van der Waals surface area contributed by atoms with Gasteiger partial charge >= 0.3 is 5.97 Å². The minimum Gasteiger partial charge on any atom is -0.468 e. The number of likely N-dealkylation sites (N-methyl/N-ethyl adjacent to an activating group) is 1. The van der Waals surface area contributed by atoms with Crippen molar-refractivity contribution in [1.82, 2.24) is 4.31 Å². The van der Waals surface area contributed by atoms with Gasteiger partial charge < -0.3 is 10.5 Å². The van der Waals surface area contributed by atoms with Gasteiger partial charge in [0.25, 0.3) is 0 Å². The fraction of sp³-hybridized carbons (Fsp3) is 0.462. The Hall–Kier alpha value is -1.60. The van der Waals surface area contributed by atoms with Crippen LogP contribution in [0.15, 0.2) is 23.1 Å². The van der Waals surface area contributed by atoms with Crippen LogP contribution in [0.4, 0.5) is 5.69 Å². The molecular weight excluding hydrogens is 280 g/mol. The molecule has 0 bridgehead atoms. The number of hydrogen-bond acceptors (Lipinski definition) is 5. The quantitative estimate of drug-likeness (QED) is 0.625. The molecule has 20 heavy (non-hydrogen) atoms. The molecule has 112 valence electrons. The van der Waals surface area contributed by atoms with Crippen molar-refractivity contribution in [3.63, 3.8) is 0 Å². The average Bonchev–Trinajstić information content (AvgIpc) is 2.44. The third-order valence-corrected chi connectivity index (χ3v) is 4.98. The Kier molecular flexibility index (Phi) is 5.52. The van der Waals surface area contributed by atoms with Crippen molar-refractivity contribution in [2.45, 2.75) is 25.2 Å². The maximum atomic E-state index is 12.6. The lowest BCUT2D eigenvalue weighted by Crippen LogP contribution is -2.36. The van der Waals surface area contributed by atoms with Gasteiger partial charge in [-0.05, 0) is 24.1 Å². The third-order valence-electron chi connectivity index (χ3n) is 2.98. The number of aryl methyl sites for hydroxylation is 1. The number of methoxy groups -OCH3 is 1. The Bertz CT molecular complexity index is 584. The summed E-state index contributed by atoms with van der Waals surface area (Å²) in [6, 6.07) is 4.77. The van der Waals surface area contributed by atoms with Crippen LogP contribution in [0.5, 0.6) is 0 Å². The molecule has 0 saturated heterocycles. The van der Waals surface area contributed by atoms with Crippen molar-refractivity contribution in [2.24, 2.45) is 0 Å². The first-order valence-electron chi connectivity index (χ1n) is 6.32. The highest BCUT2D eigenvalue weighted by Gasteiger charge is 2.27. The number of ether oxygens (including phenoxy) is 1. The SMILES string of the molecule is CCc1ccc(N)cc1S(=O)(=O)N(CC)CC(=O)OC. The number of rotatable bonds is 6. The molecule has 0 radical (unpaired) electrons. The summed E-state index contributed by atoms with van der Waals surface area (Å²) in [5, 5.41) is 0. The fourth-order valence-electron chi connectivity index (χ4n) is 1.82. The smallest absolute Gasteiger partial charge is 0.321 e. The van der Waals surface area contributed by atoms with E-state index in [1.807, 2.05) is 6.92 Å². The standard InChI is InChI=1S/C13H20N2O4S/c1-4-10-6-7-11(14)8-12(10)20(17,18)15(5-2)9-13(16)19-3/h6-8H,4-5,9,14H2,1-3H3. The molecular formula is C13H20N2O4S. The van der Waals surface area contributed by atoms with Crippen LogP contribution in [-0.4, -0.2) is 38.9 Å². The number of carbonyl (C=O) groups is 1. The van der Waals surface area contributed by atoms with E-state index in [-0.39, 0.29) is 18.0 Å². The van der Waals surface area contributed by atoms with E-state index in [4.69, 9.17) is 5.73 Å². The highest BCUT2D eigenvalue weighted by Crippen LogP contribution is 2.23. The summed E-state index contributed by atoms with van der Waals surface area (Å²) < 4.78 is 30.8. The average molecular weight is 300 g/mol. The maximum absolute atomic E-state index is 12.6. The lowest BCUT2D eigenvalue weighted by molar-refractivity contribution is -0.140. The predicted molar refractivity (Wildman–Crippen MR) is 76.7 cm³/mol. The molecule has 7 heteroatoms. The molecule has 0 aliphatic rings. The number of nitrogen functional groups attached to an aromatic ring is 1. The van der Waals surface area contributed by atoms with Gasteiger partial charge in [-0.25, -0.2) is 8.42 Å². The van der Waals surface area contributed by atoms with Crippen molar-refractivity contribution in [3.05, 3.63) is 23.8 Å². The molecule has 0 amide bonds. The first-order valence-corrected chi connectivity index (χ1v) is 7.76. The largest absolute Gasteiger partial charge is 0.468 e. The zero-order chi connectivity index (χ0) is 15.3. The summed E-state index contributed by atoms with van der Waals surface area (Å²) in [6.45, 7) is 3.39. The van der Waals surface area contributed by atoms with Gasteiger partial charge in [0.2, 0.25) is 10.0 Å². The Morgan fingerprint density at radius 2 is 2.00 bits per heavy atom. The molecule has 0 saturated carbocycles. The van der Waals surface area contributed by atoms with Gasteiger partial charge in [0.15, 0.2) is 0 Å². The van der Waals surface area contributed by atoms with Crippen molar-refractivity contribution in [1.29, 1.82) is 0 Å². The van der Waals surface area contributed by atoms with Gasteiger partial charge in [0, 0.05) is 12.2 Å². The van der Waals surface area contributed by atoms with Gasteiger partial charge in [-0.3, -0.25) is 4.79 Å². The van der Waals surface area contributed by atoms with Crippen LogP contribution >= 0.6 is 0 Å². The zero-order valence-corrected chi connectivity index (χ0v) is 12.7. The number of sulfonamides is 1. The first-order chi connectivity index (χ1) is 9.36. The number of nitrogens with zero attached hydrogens (tertiary/aromatic N) is 1. The van der Waals surface area contributed by atoms with Crippen molar-refractivity contribution in [2.75, 3.05) is 25.9 Å². The number of anilines is 1. The Morgan fingerprint density at radius 3 is 2.50 bits per heavy atom. The normalized spacial score (nSPS) is 11.6. The molecule has 0 unspecified atom stereocenters. The number of hydrogen-bond donors (Lipinski definition) is 1. The monoisotopic (exact) mass is 300 g/mol. The lowest BCUT2D eigenvalue weighted by atomic mass is 10.1. The molecule has 1 rings (SSSR count). The van der Waals surface area contributed by atoms with E-state index in [1.165, 1.54) is 13.2 Å². The molecule has 0 aliphatic heterocycles. The summed E-state index contributed by atoms with van der Waals surface area (Å²) in [5.41, 5.74) is 6.71. The van der Waals surface area contributed by atoms with Crippen LogP contribution in [0, 0.1) is 0 Å². The van der Waals surface area contributed by atoms with E-state index in [1.54, 1.807) is 19.1 Å². The highest BCUT2D eigenvalue weighted by molar-refractivity contribution is 7.89. The van der Waals surface area contributed by atoms with Crippen LogP contribution in [0.2, 0.25) is 0 Å². The molecule has 1 aromatic carbocycles. The summed E-state index contributed by atoms with van der Waals surface area (Å²) in [6.07, 6.45) is 0.560. The van der Waals surface area contributed by atoms with Crippen molar-refractivity contribution < 1.29 is 17.9 Å². The summed E-state index contributed by atoms with van der Waals surface area (Å²) in [7, 11) is -2.55. The van der Waals surface area contributed by atoms with Crippen molar-refractivity contribution >= 4 is 21.7 Å². The summed E-state index contributed by atoms with van der Waals surface area (Å²) in [4.78, 5) is 11.5. The number of benzene rings is 1. The van der Waals surface area contributed by atoms with Gasteiger partial charge in [0.1, 0.15) is 6.54 Å². The van der Waals surface area contributed by atoms with E-state index in [2.05, 4.69) is 4.74 Å². The number of esters is 1.